The lowest BCUT2D eigenvalue weighted by molar-refractivity contribution is -0.149. The molecule has 0 aliphatic heterocycles. The first-order valence-electron chi connectivity index (χ1n) is 8.64. The van der Waals surface area contributed by atoms with Crippen LogP contribution in [-0.4, -0.2) is 29.6 Å². The zero-order valence-corrected chi connectivity index (χ0v) is 14.0. The van der Waals surface area contributed by atoms with Gasteiger partial charge in [-0.25, -0.2) is 4.79 Å². The third-order valence-electron chi connectivity index (χ3n) is 4.54. The first kappa shape index (κ1) is 17.3. The first-order valence-corrected chi connectivity index (χ1v) is 8.64. The number of amides is 1. The second-order valence-electron chi connectivity index (χ2n) is 6.39. The van der Waals surface area contributed by atoms with Crippen LogP contribution in [0.4, 0.5) is 0 Å². The summed E-state index contributed by atoms with van der Waals surface area (Å²) in [5, 5.41) is 2.80. The number of benzene rings is 1. The highest BCUT2D eigenvalue weighted by molar-refractivity contribution is 5.81. The van der Waals surface area contributed by atoms with E-state index < -0.39 is 11.7 Å². The molecule has 134 valence electrons. The SMILES string of the molecule is O=C(COC(=O)Cn1c(=O)oc2ccccc21)NCC1CCCCC1. The van der Waals surface area contributed by atoms with Crippen LogP contribution in [0.3, 0.4) is 0 Å². The Morgan fingerprint density at radius 1 is 1.20 bits per heavy atom. The van der Waals surface area contributed by atoms with Crippen LogP contribution in [0, 0.1) is 5.92 Å². The highest BCUT2D eigenvalue weighted by Crippen LogP contribution is 2.22. The van der Waals surface area contributed by atoms with Crippen LogP contribution in [0.25, 0.3) is 11.1 Å². The van der Waals surface area contributed by atoms with Crippen LogP contribution in [0.5, 0.6) is 0 Å². The van der Waals surface area contributed by atoms with E-state index in [9.17, 15) is 14.4 Å². The van der Waals surface area contributed by atoms with E-state index in [0.29, 0.717) is 23.6 Å². The lowest BCUT2D eigenvalue weighted by Crippen LogP contribution is -2.34. The number of hydrogen-bond donors (Lipinski definition) is 1. The topological polar surface area (TPSA) is 90.5 Å². The monoisotopic (exact) mass is 346 g/mol. The molecule has 25 heavy (non-hydrogen) atoms. The number of rotatable bonds is 6. The molecule has 0 bridgehead atoms. The Balaban J connectivity index is 1.46. The lowest BCUT2D eigenvalue weighted by Gasteiger charge is -2.21. The maximum Gasteiger partial charge on any atom is 0.420 e. The maximum atomic E-state index is 11.9. The third kappa shape index (κ3) is 4.49. The van der Waals surface area contributed by atoms with Gasteiger partial charge in [0.1, 0.15) is 6.54 Å². The second-order valence-corrected chi connectivity index (χ2v) is 6.39. The standard InChI is InChI=1S/C18H22N2O5/c21-16(19-10-13-6-2-1-3-7-13)12-24-17(22)11-20-14-8-4-5-9-15(14)25-18(20)23/h4-5,8-9,13H,1-3,6-7,10-12H2,(H,19,21). The summed E-state index contributed by atoms with van der Waals surface area (Å²) >= 11 is 0. The summed E-state index contributed by atoms with van der Waals surface area (Å²) in [6.07, 6.45) is 5.96. The highest BCUT2D eigenvalue weighted by Gasteiger charge is 2.16. The number of hydrogen-bond acceptors (Lipinski definition) is 5. The fourth-order valence-corrected chi connectivity index (χ4v) is 3.18. The van der Waals surface area contributed by atoms with Gasteiger partial charge in [0.15, 0.2) is 12.2 Å². The van der Waals surface area contributed by atoms with Gasteiger partial charge in [0.25, 0.3) is 5.91 Å². The minimum absolute atomic E-state index is 0.286. The molecule has 0 unspecified atom stereocenters. The van der Waals surface area contributed by atoms with Crippen LogP contribution in [0.15, 0.2) is 33.5 Å². The molecule has 1 aromatic carbocycles. The van der Waals surface area contributed by atoms with Crippen molar-refractivity contribution in [2.24, 2.45) is 5.92 Å². The second kappa shape index (κ2) is 8.00. The van der Waals surface area contributed by atoms with Gasteiger partial charge in [-0.3, -0.25) is 14.2 Å². The summed E-state index contributed by atoms with van der Waals surface area (Å²) < 4.78 is 11.2. The predicted molar refractivity (Wildman–Crippen MR) is 91.0 cm³/mol. The van der Waals surface area contributed by atoms with Crippen molar-refractivity contribution in [3.63, 3.8) is 0 Å². The van der Waals surface area contributed by atoms with E-state index in [4.69, 9.17) is 9.15 Å². The van der Waals surface area contributed by atoms with E-state index in [0.717, 1.165) is 12.8 Å². The maximum absolute atomic E-state index is 11.9. The molecule has 0 spiro atoms. The van der Waals surface area contributed by atoms with Gasteiger partial charge < -0.3 is 14.5 Å². The van der Waals surface area contributed by atoms with Gasteiger partial charge in [0.05, 0.1) is 5.52 Å². The van der Waals surface area contributed by atoms with Crippen molar-refractivity contribution in [3.8, 4) is 0 Å². The average Bonchev–Trinajstić information content (AvgIpc) is 2.94. The molecule has 0 saturated heterocycles. The van der Waals surface area contributed by atoms with E-state index >= 15 is 0 Å². The molecule has 7 heteroatoms. The summed E-state index contributed by atoms with van der Waals surface area (Å²) in [5.41, 5.74) is 0.928. The summed E-state index contributed by atoms with van der Waals surface area (Å²) in [5.74, 6) is -1.08. The molecule has 1 saturated carbocycles. The van der Waals surface area contributed by atoms with Crippen molar-refractivity contribution in [3.05, 3.63) is 34.8 Å². The Morgan fingerprint density at radius 3 is 2.76 bits per heavy atom. The molecular weight excluding hydrogens is 324 g/mol. The zero-order valence-electron chi connectivity index (χ0n) is 14.0. The average molecular weight is 346 g/mol. The number of ether oxygens (including phenoxy) is 1. The molecular formula is C18H22N2O5. The molecule has 1 aliphatic rings. The Bertz CT molecular complexity index is 801. The fourth-order valence-electron chi connectivity index (χ4n) is 3.18. The third-order valence-corrected chi connectivity index (χ3v) is 4.54. The van der Waals surface area contributed by atoms with Gasteiger partial charge in [-0.15, -0.1) is 0 Å². The van der Waals surface area contributed by atoms with Gasteiger partial charge in [-0.05, 0) is 30.9 Å². The van der Waals surface area contributed by atoms with Crippen molar-refractivity contribution in [2.45, 2.75) is 38.6 Å². The lowest BCUT2D eigenvalue weighted by atomic mass is 9.89. The largest absolute Gasteiger partial charge is 0.454 e. The van der Waals surface area contributed by atoms with E-state index in [1.807, 2.05) is 0 Å². The molecule has 2 aromatic rings. The molecule has 1 amide bonds. The molecule has 1 aliphatic carbocycles. The van der Waals surface area contributed by atoms with Gasteiger partial charge in [-0.2, -0.15) is 0 Å². The fraction of sp³-hybridized carbons (Fsp3) is 0.500. The number of esters is 1. The van der Waals surface area contributed by atoms with Crippen LogP contribution in [-0.2, 0) is 20.9 Å². The van der Waals surface area contributed by atoms with Gasteiger partial charge in [0.2, 0.25) is 0 Å². The Hall–Kier alpha value is -2.57. The van der Waals surface area contributed by atoms with Gasteiger partial charge in [0, 0.05) is 6.54 Å². The summed E-state index contributed by atoms with van der Waals surface area (Å²) in [4.78, 5) is 35.5. The van der Waals surface area contributed by atoms with E-state index in [1.165, 1.54) is 23.8 Å². The van der Waals surface area contributed by atoms with E-state index in [-0.39, 0.29) is 19.1 Å². The van der Waals surface area contributed by atoms with Crippen molar-refractivity contribution < 1.29 is 18.7 Å². The van der Waals surface area contributed by atoms with Gasteiger partial charge >= 0.3 is 11.7 Å². The van der Waals surface area contributed by atoms with Crippen molar-refractivity contribution in [1.82, 2.24) is 9.88 Å². The number of aromatic nitrogens is 1. The Morgan fingerprint density at radius 2 is 1.96 bits per heavy atom. The number of oxazole rings is 1. The first-order chi connectivity index (χ1) is 12.1. The molecule has 1 N–H and O–H groups in total. The van der Waals surface area contributed by atoms with Crippen LogP contribution >= 0.6 is 0 Å². The number of carbonyl (C=O) groups is 2. The van der Waals surface area contributed by atoms with Crippen LogP contribution < -0.4 is 11.1 Å². The molecule has 1 heterocycles. The van der Waals surface area contributed by atoms with Crippen LogP contribution in [0.1, 0.15) is 32.1 Å². The number of para-hydroxylation sites is 2. The molecule has 7 nitrogen and oxygen atoms in total. The summed E-state index contributed by atoms with van der Waals surface area (Å²) in [6.45, 7) is 0.00402. The molecule has 3 rings (SSSR count). The van der Waals surface area contributed by atoms with Crippen molar-refractivity contribution >= 4 is 23.0 Å². The minimum atomic E-state index is -0.651. The Kier molecular flexibility index (Phi) is 5.53. The Labute approximate surface area is 144 Å². The van der Waals surface area contributed by atoms with E-state index in [1.54, 1.807) is 24.3 Å². The van der Waals surface area contributed by atoms with Crippen LogP contribution in [0.2, 0.25) is 0 Å². The molecule has 0 radical (unpaired) electrons. The molecule has 0 atom stereocenters. The number of nitrogens with one attached hydrogen (secondary N) is 1. The summed E-state index contributed by atoms with van der Waals surface area (Å²) in [6, 6.07) is 6.82. The quantitative estimate of drug-likeness (QED) is 0.806. The van der Waals surface area contributed by atoms with Crippen molar-refractivity contribution in [2.75, 3.05) is 13.2 Å². The minimum Gasteiger partial charge on any atom is -0.454 e. The number of carbonyl (C=O) groups excluding carboxylic acids is 2. The summed E-state index contributed by atoms with van der Waals surface area (Å²) in [7, 11) is 0. The smallest absolute Gasteiger partial charge is 0.420 e. The normalized spacial score (nSPS) is 15.2. The molecule has 1 fully saturated rings. The number of nitrogens with zero attached hydrogens (tertiary/aromatic N) is 1. The predicted octanol–water partition coefficient (Wildman–Crippen LogP) is 1.83. The molecule has 1 aromatic heterocycles. The zero-order chi connectivity index (χ0) is 17.6. The van der Waals surface area contributed by atoms with Gasteiger partial charge in [-0.1, -0.05) is 31.4 Å². The van der Waals surface area contributed by atoms with Crippen molar-refractivity contribution in [1.29, 1.82) is 0 Å². The number of fused-ring (bicyclic) bond motifs is 1. The highest BCUT2D eigenvalue weighted by atomic mass is 16.5. The van der Waals surface area contributed by atoms with E-state index in [2.05, 4.69) is 5.32 Å².